The van der Waals surface area contributed by atoms with Gasteiger partial charge in [0.15, 0.2) is 9.04 Å². The second kappa shape index (κ2) is 10.0. The van der Waals surface area contributed by atoms with Crippen LogP contribution in [0.5, 0.6) is 0 Å². The van der Waals surface area contributed by atoms with E-state index in [1.54, 1.807) is 0 Å². The van der Waals surface area contributed by atoms with Crippen LogP contribution in [0.15, 0.2) is 11.8 Å². The van der Waals surface area contributed by atoms with Gasteiger partial charge in [-0.05, 0) is 19.4 Å². The van der Waals surface area contributed by atoms with Crippen molar-refractivity contribution in [2.24, 2.45) is 0 Å². The zero-order chi connectivity index (χ0) is 9.94. The van der Waals surface area contributed by atoms with Crippen molar-refractivity contribution in [1.29, 1.82) is 0 Å². The first-order chi connectivity index (χ1) is 6.27. The van der Waals surface area contributed by atoms with Gasteiger partial charge in [-0.25, -0.2) is 0 Å². The molecule has 1 nitrogen and oxygen atoms in total. The zero-order valence-electron chi connectivity index (χ0n) is 9.13. The topological polar surface area (TPSA) is 20.2 Å². The monoisotopic (exact) mass is 200 g/mol. The molecule has 0 aliphatic heterocycles. The van der Waals surface area contributed by atoms with Gasteiger partial charge < -0.3 is 4.80 Å². The molecule has 0 saturated heterocycles. The highest BCUT2D eigenvalue weighted by molar-refractivity contribution is 6.54. The first-order valence-electron chi connectivity index (χ1n) is 5.62. The fourth-order valence-corrected chi connectivity index (χ4v) is 1.92. The van der Waals surface area contributed by atoms with Gasteiger partial charge >= 0.3 is 0 Å². The Labute approximate surface area is 84.6 Å². The Morgan fingerprint density at radius 1 is 1.08 bits per heavy atom. The maximum absolute atomic E-state index is 9.08. The van der Waals surface area contributed by atoms with Gasteiger partial charge in [0.2, 0.25) is 0 Å². The molecule has 0 fully saturated rings. The van der Waals surface area contributed by atoms with Crippen molar-refractivity contribution in [3.8, 4) is 0 Å². The van der Waals surface area contributed by atoms with Crippen molar-refractivity contribution in [3.63, 3.8) is 0 Å². The number of hydrogen-bond acceptors (Lipinski definition) is 1. The van der Waals surface area contributed by atoms with Crippen LogP contribution in [0, 0.1) is 0 Å². The average molecular weight is 200 g/mol. The van der Waals surface area contributed by atoms with Crippen LogP contribution < -0.4 is 0 Å². The third-order valence-corrected chi connectivity index (χ3v) is 2.97. The predicted octanol–water partition coefficient (Wildman–Crippen LogP) is 3.18. The van der Waals surface area contributed by atoms with E-state index in [-0.39, 0.29) is 0 Å². The fraction of sp³-hybridized carbons (Fsp3) is 0.818. The molecule has 2 heteroatoms. The minimum Gasteiger partial charge on any atom is -0.431 e. The van der Waals surface area contributed by atoms with E-state index in [1.165, 1.54) is 38.5 Å². The molecule has 78 valence electrons. The molecule has 0 saturated carbocycles. The molecule has 0 aromatic heterocycles. The summed E-state index contributed by atoms with van der Waals surface area (Å²) in [7, 11) is -1.42. The van der Waals surface area contributed by atoms with E-state index in [4.69, 9.17) is 4.80 Å². The highest BCUT2D eigenvalue weighted by atomic mass is 28.3. The molecule has 13 heavy (non-hydrogen) atoms. The minimum atomic E-state index is -1.42. The Morgan fingerprint density at radius 2 is 1.69 bits per heavy atom. The van der Waals surface area contributed by atoms with E-state index in [0.29, 0.717) is 0 Å². The quantitative estimate of drug-likeness (QED) is 0.471. The Kier molecular flexibility index (Phi) is 9.94. The van der Waals surface area contributed by atoms with E-state index >= 15 is 0 Å². The van der Waals surface area contributed by atoms with E-state index in [0.717, 1.165) is 6.42 Å². The molecule has 0 radical (unpaired) electrons. The summed E-state index contributed by atoms with van der Waals surface area (Å²) in [5.74, 6) is 0. The van der Waals surface area contributed by atoms with Crippen molar-refractivity contribution in [2.45, 2.75) is 58.4 Å². The fourth-order valence-electron chi connectivity index (χ4n) is 1.34. The molecule has 0 aromatic carbocycles. The molecule has 0 aromatic rings. The number of unbranched alkanes of at least 4 members (excludes halogenated alkanes) is 6. The van der Waals surface area contributed by atoms with Crippen molar-refractivity contribution in [2.75, 3.05) is 0 Å². The summed E-state index contributed by atoms with van der Waals surface area (Å²) < 4.78 is 0. The molecule has 0 aliphatic carbocycles. The van der Waals surface area contributed by atoms with Gasteiger partial charge in [0.05, 0.1) is 0 Å². The standard InChI is InChI=1S/C11H24OSi/c1-3-4-5-6-7-8-9-10-11-13(2)12/h10-13H,3-9H2,1-2H3/b11-10+. The normalized spacial score (nSPS) is 13.8. The molecular weight excluding hydrogens is 176 g/mol. The van der Waals surface area contributed by atoms with Gasteiger partial charge in [0, 0.05) is 0 Å². The van der Waals surface area contributed by atoms with Crippen LogP contribution in [0.1, 0.15) is 51.9 Å². The van der Waals surface area contributed by atoms with Gasteiger partial charge in [-0.15, -0.1) is 0 Å². The van der Waals surface area contributed by atoms with Gasteiger partial charge in [0.1, 0.15) is 0 Å². The summed E-state index contributed by atoms with van der Waals surface area (Å²) in [4.78, 5) is 9.08. The molecule has 0 rings (SSSR count). The first kappa shape index (κ1) is 12.9. The van der Waals surface area contributed by atoms with Crippen molar-refractivity contribution < 1.29 is 4.80 Å². The first-order valence-corrected chi connectivity index (χ1v) is 7.96. The van der Waals surface area contributed by atoms with Crippen LogP contribution in [0.25, 0.3) is 0 Å². The summed E-state index contributed by atoms with van der Waals surface area (Å²) in [5, 5.41) is 0. The molecular formula is C11H24OSi. The maximum Gasteiger partial charge on any atom is 0.193 e. The van der Waals surface area contributed by atoms with E-state index in [9.17, 15) is 0 Å². The maximum atomic E-state index is 9.08. The van der Waals surface area contributed by atoms with Crippen LogP contribution in [0.4, 0.5) is 0 Å². The third kappa shape index (κ3) is 11.9. The smallest absolute Gasteiger partial charge is 0.193 e. The molecule has 1 atom stereocenters. The third-order valence-electron chi connectivity index (χ3n) is 2.14. The summed E-state index contributed by atoms with van der Waals surface area (Å²) >= 11 is 0. The van der Waals surface area contributed by atoms with Crippen LogP contribution in [-0.4, -0.2) is 13.8 Å². The lowest BCUT2D eigenvalue weighted by molar-refractivity contribution is 0.591. The molecule has 0 bridgehead atoms. The molecule has 0 amide bonds. The Bertz CT molecular complexity index is 121. The number of hydrogen-bond donors (Lipinski definition) is 1. The zero-order valence-corrected chi connectivity index (χ0v) is 10.3. The summed E-state index contributed by atoms with van der Waals surface area (Å²) in [5.41, 5.74) is 2.01. The van der Waals surface area contributed by atoms with E-state index < -0.39 is 9.04 Å². The van der Waals surface area contributed by atoms with Crippen LogP contribution in [-0.2, 0) is 0 Å². The summed E-state index contributed by atoms with van der Waals surface area (Å²) in [6, 6.07) is 0. The van der Waals surface area contributed by atoms with Crippen LogP contribution >= 0.6 is 0 Å². The highest BCUT2D eigenvalue weighted by Crippen LogP contribution is 2.06. The Morgan fingerprint density at radius 3 is 2.31 bits per heavy atom. The van der Waals surface area contributed by atoms with Crippen molar-refractivity contribution in [3.05, 3.63) is 11.8 Å². The Hall–Kier alpha value is -0.0831. The van der Waals surface area contributed by atoms with Gasteiger partial charge in [-0.3, -0.25) is 0 Å². The van der Waals surface area contributed by atoms with Crippen molar-refractivity contribution >= 4 is 9.04 Å². The lowest BCUT2D eigenvalue weighted by Crippen LogP contribution is -1.98. The predicted molar refractivity (Wildman–Crippen MR) is 62.4 cm³/mol. The van der Waals surface area contributed by atoms with Crippen molar-refractivity contribution in [1.82, 2.24) is 0 Å². The molecule has 1 unspecified atom stereocenters. The molecule has 1 N–H and O–H groups in total. The lowest BCUT2D eigenvalue weighted by atomic mass is 10.1. The minimum absolute atomic E-state index is 1.16. The molecule has 0 aliphatic rings. The van der Waals surface area contributed by atoms with E-state index in [1.807, 2.05) is 12.2 Å². The molecule has 0 spiro atoms. The Balaban J connectivity index is 2.99. The van der Waals surface area contributed by atoms with Crippen LogP contribution in [0.3, 0.4) is 0 Å². The average Bonchev–Trinajstić information content (AvgIpc) is 2.09. The second-order valence-corrected chi connectivity index (χ2v) is 5.59. The summed E-state index contributed by atoms with van der Waals surface area (Å²) in [6.45, 7) is 4.17. The highest BCUT2D eigenvalue weighted by Gasteiger charge is 1.90. The van der Waals surface area contributed by atoms with E-state index in [2.05, 4.69) is 13.0 Å². The molecule has 0 heterocycles. The van der Waals surface area contributed by atoms with Gasteiger partial charge in [-0.2, -0.15) is 0 Å². The SMILES string of the molecule is CCCCCCCC/C=C/[SiH](C)O. The van der Waals surface area contributed by atoms with Gasteiger partial charge in [-0.1, -0.05) is 50.8 Å². The second-order valence-electron chi connectivity index (χ2n) is 3.73. The van der Waals surface area contributed by atoms with Gasteiger partial charge in [0.25, 0.3) is 0 Å². The largest absolute Gasteiger partial charge is 0.431 e. The lowest BCUT2D eigenvalue weighted by Gasteiger charge is -1.97. The summed E-state index contributed by atoms with van der Waals surface area (Å²) in [6.07, 6.45) is 11.4. The number of rotatable bonds is 8. The number of allylic oxidation sites excluding steroid dienone is 1. The van der Waals surface area contributed by atoms with Crippen LogP contribution in [0.2, 0.25) is 6.55 Å².